The fraction of sp³-hybridized carbons (Fsp3) is 0.333. The monoisotopic (exact) mass is 495 g/mol. The zero-order valence-corrected chi connectivity index (χ0v) is 20.9. The first-order valence-corrected chi connectivity index (χ1v) is 12.1. The zero-order valence-electron chi connectivity index (χ0n) is 19.4. The van der Waals surface area contributed by atoms with Crippen molar-refractivity contribution in [3.63, 3.8) is 0 Å². The topological polar surface area (TPSA) is 69.3 Å². The van der Waals surface area contributed by atoms with Crippen molar-refractivity contribution in [2.24, 2.45) is 5.92 Å². The van der Waals surface area contributed by atoms with E-state index in [0.29, 0.717) is 58.7 Å². The molecule has 0 unspecified atom stereocenters. The van der Waals surface area contributed by atoms with Gasteiger partial charge in [0.15, 0.2) is 0 Å². The maximum Gasteiger partial charge on any atom is 0.255 e. The first kappa shape index (κ1) is 24.2. The average molecular weight is 496 g/mol. The largest absolute Gasteiger partial charge is 0.513 e. The van der Waals surface area contributed by atoms with Crippen LogP contribution in [0.25, 0.3) is 10.9 Å². The number of allylic oxidation sites excluding steroid dienone is 1. The van der Waals surface area contributed by atoms with Crippen LogP contribution in [0, 0.1) is 31.1 Å². The highest BCUT2D eigenvalue weighted by atomic mass is 35.5. The molecule has 1 aromatic heterocycles. The summed E-state index contributed by atoms with van der Waals surface area (Å²) in [6.07, 6.45) is 4.25. The number of hydrogen-bond acceptors (Lipinski definition) is 3. The Kier molecular flexibility index (Phi) is 6.93. The summed E-state index contributed by atoms with van der Waals surface area (Å²) in [5, 5.41) is 20.7. The lowest BCUT2D eigenvalue weighted by molar-refractivity contribution is 0.0687. The van der Waals surface area contributed by atoms with Crippen molar-refractivity contribution in [1.82, 2.24) is 9.47 Å². The number of nitrogens with zero attached hydrogens (tertiary/aromatic N) is 3. The van der Waals surface area contributed by atoms with Gasteiger partial charge in [0, 0.05) is 41.7 Å². The predicted octanol–water partition coefficient (Wildman–Crippen LogP) is 6.80. The van der Waals surface area contributed by atoms with Crippen LogP contribution in [0.5, 0.6) is 0 Å². The van der Waals surface area contributed by atoms with E-state index in [1.807, 2.05) is 37.1 Å². The molecule has 0 spiro atoms. The van der Waals surface area contributed by atoms with Crippen LogP contribution in [-0.2, 0) is 6.54 Å². The molecule has 2 heterocycles. The lowest BCUT2D eigenvalue weighted by Crippen LogP contribution is -2.38. The van der Waals surface area contributed by atoms with Gasteiger partial charge in [-0.1, -0.05) is 29.8 Å². The molecule has 7 heteroatoms. The zero-order chi connectivity index (χ0) is 24.6. The van der Waals surface area contributed by atoms with Gasteiger partial charge in [-0.05, 0) is 68.0 Å². The lowest BCUT2D eigenvalue weighted by atomic mass is 9.92. The molecule has 1 amide bonds. The highest BCUT2D eigenvalue weighted by Gasteiger charge is 2.26. The second-order valence-electron chi connectivity index (χ2n) is 9.13. The first-order valence-electron chi connectivity index (χ1n) is 11.3. The number of aliphatic hydroxyl groups excluding tert-OH is 1. The van der Waals surface area contributed by atoms with E-state index >= 15 is 0 Å². The number of aryl methyl sites for hydroxylation is 2. The number of fused-ring (bicyclic) bond motifs is 1. The second-order valence-corrected chi connectivity index (χ2v) is 9.92. The average Bonchev–Trinajstić information content (AvgIpc) is 3.12. The molecule has 0 atom stereocenters. The first-order chi connectivity index (χ1) is 16.2. The van der Waals surface area contributed by atoms with Gasteiger partial charge in [-0.3, -0.25) is 4.79 Å². The summed E-state index contributed by atoms with van der Waals surface area (Å²) in [4.78, 5) is 15.1. The van der Waals surface area contributed by atoms with Crippen molar-refractivity contribution in [3.8, 4) is 6.07 Å². The minimum absolute atomic E-state index is 0.104. The van der Waals surface area contributed by atoms with Crippen LogP contribution in [0.2, 0.25) is 10.0 Å². The van der Waals surface area contributed by atoms with Gasteiger partial charge in [0.25, 0.3) is 5.91 Å². The number of aromatic nitrogens is 1. The van der Waals surface area contributed by atoms with Crippen molar-refractivity contribution >= 4 is 40.0 Å². The third-order valence-corrected chi connectivity index (χ3v) is 7.45. The van der Waals surface area contributed by atoms with Crippen molar-refractivity contribution in [3.05, 3.63) is 80.7 Å². The minimum Gasteiger partial charge on any atom is -0.513 e. The number of halogens is 2. The number of amides is 1. The van der Waals surface area contributed by atoms with E-state index in [9.17, 15) is 15.2 Å². The molecule has 34 heavy (non-hydrogen) atoms. The number of hydrogen-bond donors (Lipinski definition) is 1. The Hall–Kier alpha value is -2.94. The SMILES string of the molecule is C=C(O)CC1CCN(C(=O)c2ccc(Cl)c(Cn3cc(C)c4cc(C#N)cc(C)c43)c2Cl)CC1. The fourth-order valence-corrected chi connectivity index (χ4v) is 5.51. The molecule has 2 aromatic carbocycles. The Labute approximate surface area is 209 Å². The maximum atomic E-state index is 13.3. The molecular formula is C27H27Cl2N3O2. The van der Waals surface area contributed by atoms with Gasteiger partial charge in [-0.25, -0.2) is 0 Å². The Morgan fingerprint density at radius 1 is 1.21 bits per heavy atom. The van der Waals surface area contributed by atoms with E-state index in [1.165, 1.54) is 0 Å². The Bertz CT molecular complexity index is 1330. The minimum atomic E-state index is -0.104. The van der Waals surface area contributed by atoms with Crippen LogP contribution in [0.3, 0.4) is 0 Å². The van der Waals surface area contributed by atoms with Crippen LogP contribution in [-0.4, -0.2) is 33.6 Å². The van der Waals surface area contributed by atoms with Gasteiger partial charge < -0.3 is 14.6 Å². The summed E-state index contributed by atoms with van der Waals surface area (Å²) in [6, 6.07) is 9.41. The number of rotatable bonds is 5. The third kappa shape index (κ3) is 4.66. The third-order valence-electron chi connectivity index (χ3n) is 6.66. The number of aliphatic hydroxyl groups is 1. The van der Waals surface area contributed by atoms with Gasteiger partial charge in [-0.15, -0.1) is 0 Å². The molecule has 1 N–H and O–H groups in total. The van der Waals surface area contributed by atoms with Gasteiger partial charge in [0.1, 0.15) is 0 Å². The van der Waals surface area contributed by atoms with Crippen LogP contribution >= 0.6 is 23.2 Å². The second kappa shape index (κ2) is 9.74. The molecule has 3 aromatic rings. The molecule has 1 fully saturated rings. The number of carbonyl (C=O) groups is 1. The number of benzene rings is 2. The summed E-state index contributed by atoms with van der Waals surface area (Å²) < 4.78 is 2.08. The summed E-state index contributed by atoms with van der Waals surface area (Å²) in [5.74, 6) is 0.433. The van der Waals surface area contributed by atoms with E-state index in [4.69, 9.17) is 23.2 Å². The van der Waals surface area contributed by atoms with E-state index in [1.54, 1.807) is 12.1 Å². The molecule has 0 aliphatic carbocycles. The van der Waals surface area contributed by atoms with Crippen molar-refractivity contribution in [2.45, 2.75) is 39.7 Å². The van der Waals surface area contributed by atoms with E-state index in [2.05, 4.69) is 17.2 Å². The van der Waals surface area contributed by atoms with Gasteiger partial charge >= 0.3 is 0 Å². The number of nitriles is 1. The Morgan fingerprint density at radius 3 is 2.56 bits per heavy atom. The van der Waals surface area contributed by atoms with Crippen LogP contribution in [0.15, 0.2) is 42.8 Å². The molecule has 176 valence electrons. The molecule has 0 saturated carbocycles. The van der Waals surface area contributed by atoms with E-state index in [-0.39, 0.29) is 11.7 Å². The molecule has 5 nitrogen and oxygen atoms in total. The molecule has 4 rings (SSSR count). The van der Waals surface area contributed by atoms with Gasteiger partial charge in [0.05, 0.1) is 40.0 Å². The standard InChI is InChI=1S/C27H27Cl2N3O2/c1-16-10-20(13-30)12-22-17(2)14-32(26(16)22)15-23-24(28)5-4-21(25(23)29)27(34)31-8-6-19(7-9-31)11-18(3)33/h4-5,10,12,14,19,33H,3,6-9,11,15H2,1-2H3. The molecule has 0 bridgehead atoms. The fourth-order valence-electron chi connectivity index (χ4n) is 4.94. The van der Waals surface area contributed by atoms with E-state index < -0.39 is 0 Å². The summed E-state index contributed by atoms with van der Waals surface area (Å²) in [5.41, 5.74) is 4.84. The predicted molar refractivity (Wildman–Crippen MR) is 137 cm³/mol. The lowest BCUT2D eigenvalue weighted by Gasteiger charge is -2.32. The summed E-state index contributed by atoms with van der Waals surface area (Å²) in [6.45, 7) is 9.22. The highest BCUT2D eigenvalue weighted by Crippen LogP contribution is 2.34. The summed E-state index contributed by atoms with van der Waals surface area (Å²) >= 11 is 13.3. The molecule has 1 saturated heterocycles. The Morgan fingerprint density at radius 2 is 1.91 bits per heavy atom. The van der Waals surface area contributed by atoms with Crippen LogP contribution in [0.4, 0.5) is 0 Å². The van der Waals surface area contributed by atoms with Gasteiger partial charge in [0.2, 0.25) is 0 Å². The smallest absolute Gasteiger partial charge is 0.255 e. The van der Waals surface area contributed by atoms with Crippen molar-refractivity contribution < 1.29 is 9.90 Å². The Balaban J connectivity index is 1.63. The van der Waals surface area contributed by atoms with E-state index in [0.717, 1.165) is 34.9 Å². The van der Waals surface area contributed by atoms with Crippen molar-refractivity contribution in [2.75, 3.05) is 13.1 Å². The van der Waals surface area contributed by atoms with Gasteiger partial charge in [-0.2, -0.15) is 5.26 Å². The quantitative estimate of drug-likeness (QED) is 0.395. The molecule has 1 aliphatic heterocycles. The molecule has 1 aliphatic rings. The highest BCUT2D eigenvalue weighted by molar-refractivity contribution is 6.38. The van der Waals surface area contributed by atoms with Crippen LogP contribution in [0.1, 0.15) is 51.9 Å². The summed E-state index contributed by atoms with van der Waals surface area (Å²) in [7, 11) is 0. The molecule has 0 radical (unpaired) electrons. The number of likely N-dealkylation sites (tertiary alicyclic amines) is 1. The van der Waals surface area contributed by atoms with Crippen LogP contribution < -0.4 is 0 Å². The molecular weight excluding hydrogens is 469 g/mol. The van der Waals surface area contributed by atoms with Crippen molar-refractivity contribution in [1.29, 1.82) is 5.26 Å². The number of carbonyl (C=O) groups excluding carboxylic acids is 1. The normalized spacial score (nSPS) is 14.4. The maximum absolute atomic E-state index is 13.3. The number of piperidine rings is 1.